The molecule has 1 aromatic carbocycles. The summed E-state index contributed by atoms with van der Waals surface area (Å²) in [6.07, 6.45) is -6.65. The topological polar surface area (TPSA) is 144 Å². The first kappa shape index (κ1) is 29.8. The number of hydrogen-bond donors (Lipinski definition) is 1. The molecule has 11 nitrogen and oxygen atoms in total. The average Bonchev–Trinajstić information content (AvgIpc) is 3.32. The van der Waals surface area contributed by atoms with E-state index in [1.54, 1.807) is 58.0 Å². The number of Topliss-reactive ketones (excluding diaryl/α,β-unsaturated/α-hetero) is 1. The van der Waals surface area contributed by atoms with E-state index in [0.29, 0.717) is 17.6 Å². The standard InChI is InChI=1S/C32H38O11/c1-15-13-19-31(14-39-19,42-17(3)33)23-26(40-27(36)18-11-9-8-10-12-18)32-25(41-28(37)43-32)21(34)16(2)20(29(32,4)5)22(38-7)24(35)30(15,23)6/h8-12,15,19,21-23,25-26,34H,13-14H2,1-7H3/t15-,19+,21+,22+,23-,25-,26-,30+,31-,32+/m0/s1. The van der Waals surface area contributed by atoms with E-state index in [0.717, 1.165) is 0 Å². The predicted molar refractivity (Wildman–Crippen MR) is 148 cm³/mol. The van der Waals surface area contributed by atoms with Gasteiger partial charge in [-0.25, -0.2) is 9.59 Å². The molecule has 232 valence electrons. The minimum Gasteiger partial charge on any atom is -0.454 e. The quantitative estimate of drug-likeness (QED) is 0.310. The summed E-state index contributed by atoms with van der Waals surface area (Å²) >= 11 is 0. The van der Waals surface area contributed by atoms with Gasteiger partial charge in [-0.1, -0.05) is 45.9 Å². The monoisotopic (exact) mass is 598 g/mol. The molecule has 2 heterocycles. The SMILES string of the molecule is CO[C@H]1C(=O)[C@@]2(C)[C@H]([C@H](OC(=O)c3ccccc3)[C@]34OC(=O)O[C@H]3[C@H](O)C(C)=C1C4(C)C)[C@]1(OC(C)=O)CO[C@@H]1C[C@@H]2C. The highest BCUT2D eigenvalue weighted by Gasteiger charge is 2.82. The highest BCUT2D eigenvalue weighted by Crippen LogP contribution is 2.67. The number of esters is 2. The van der Waals surface area contributed by atoms with Gasteiger partial charge >= 0.3 is 18.1 Å². The van der Waals surface area contributed by atoms with Crippen molar-refractivity contribution in [2.24, 2.45) is 22.7 Å². The first-order valence-corrected chi connectivity index (χ1v) is 14.6. The van der Waals surface area contributed by atoms with Crippen LogP contribution in [0.2, 0.25) is 0 Å². The Morgan fingerprint density at radius 3 is 2.35 bits per heavy atom. The van der Waals surface area contributed by atoms with Gasteiger partial charge in [0.05, 0.1) is 18.1 Å². The van der Waals surface area contributed by atoms with Crippen LogP contribution in [-0.2, 0) is 38.0 Å². The molecule has 5 aliphatic rings. The predicted octanol–water partition coefficient (Wildman–Crippen LogP) is 3.16. The number of ketones is 1. The van der Waals surface area contributed by atoms with Crippen molar-refractivity contribution in [1.82, 2.24) is 0 Å². The number of ether oxygens (including phenoxy) is 6. The highest BCUT2D eigenvalue weighted by atomic mass is 16.8. The number of hydrogen-bond acceptors (Lipinski definition) is 11. The summed E-state index contributed by atoms with van der Waals surface area (Å²) in [6.45, 7) is 10.1. The van der Waals surface area contributed by atoms with Gasteiger partial charge in [-0.2, -0.15) is 0 Å². The lowest BCUT2D eigenvalue weighted by atomic mass is 9.43. The van der Waals surface area contributed by atoms with E-state index >= 15 is 0 Å². The third kappa shape index (κ3) is 3.64. The van der Waals surface area contributed by atoms with Crippen molar-refractivity contribution >= 4 is 23.9 Å². The summed E-state index contributed by atoms with van der Waals surface area (Å²) in [4.78, 5) is 54.8. The number of fused-ring (bicyclic) bond motifs is 4. The molecule has 0 radical (unpaired) electrons. The molecule has 4 fully saturated rings. The molecule has 0 amide bonds. The molecule has 2 aliphatic heterocycles. The Morgan fingerprint density at radius 1 is 1.09 bits per heavy atom. The number of aliphatic hydroxyl groups excluding tert-OH is 1. The Balaban J connectivity index is 1.71. The molecular formula is C32H38O11. The Bertz CT molecular complexity index is 1420. The molecule has 10 atom stereocenters. The molecule has 0 unspecified atom stereocenters. The van der Waals surface area contributed by atoms with E-state index in [4.69, 9.17) is 28.4 Å². The maximum Gasteiger partial charge on any atom is 0.509 e. The summed E-state index contributed by atoms with van der Waals surface area (Å²) in [5.74, 6) is -3.14. The van der Waals surface area contributed by atoms with Crippen molar-refractivity contribution in [3.8, 4) is 0 Å². The zero-order chi connectivity index (χ0) is 31.3. The van der Waals surface area contributed by atoms with Crippen LogP contribution < -0.4 is 0 Å². The van der Waals surface area contributed by atoms with E-state index in [1.807, 2.05) is 6.92 Å². The minimum atomic E-state index is -1.86. The lowest BCUT2D eigenvalue weighted by Crippen LogP contribution is -2.82. The Morgan fingerprint density at radius 2 is 1.77 bits per heavy atom. The second kappa shape index (κ2) is 9.61. The van der Waals surface area contributed by atoms with Gasteiger partial charge in [0.15, 0.2) is 23.6 Å². The molecule has 43 heavy (non-hydrogen) atoms. The third-order valence-corrected chi connectivity index (χ3v) is 11.1. The second-order valence-corrected chi connectivity index (χ2v) is 13.3. The lowest BCUT2D eigenvalue weighted by Gasteiger charge is -2.68. The molecule has 1 N–H and O–H groups in total. The second-order valence-electron chi connectivity index (χ2n) is 13.3. The zero-order valence-corrected chi connectivity index (χ0v) is 25.4. The number of carbonyl (C=O) groups excluding carboxylic acids is 4. The molecule has 11 heteroatoms. The van der Waals surface area contributed by atoms with Gasteiger partial charge in [0.1, 0.15) is 18.3 Å². The van der Waals surface area contributed by atoms with E-state index in [9.17, 15) is 24.3 Å². The highest BCUT2D eigenvalue weighted by molar-refractivity contribution is 5.94. The Hall–Kier alpha value is -3.28. The van der Waals surface area contributed by atoms with Gasteiger partial charge < -0.3 is 33.5 Å². The molecule has 1 aromatic rings. The van der Waals surface area contributed by atoms with Gasteiger partial charge in [-0.15, -0.1) is 0 Å². The van der Waals surface area contributed by atoms with Gasteiger partial charge in [0, 0.05) is 24.9 Å². The summed E-state index contributed by atoms with van der Waals surface area (Å²) < 4.78 is 36.4. The summed E-state index contributed by atoms with van der Waals surface area (Å²) in [7, 11) is 1.42. The zero-order valence-electron chi connectivity index (χ0n) is 25.4. The lowest BCUT2D eigenvalue weighted by molar-refractivity contribution is -0.340. The van der Waals surface area contributed by atoms with Crippen LogP contribution in [0.1, 0.15) is 58.3 Å². The van der Waals surface area contributed by atoms with Crippen molar-refractivity contribution in [1.29, 1.82) is 0 Å². The van der Waals surface area contributed by atoms with Crippen LogP contribution in [0, 0.1) is 22.7 Å². The maximum absolute atomic E-state index is 15.0. The van der Waals surface area contributed by atoms with Crippen LogP contribution in [0.4, 0.5) is 4.79 Å². The smallest absolute Gasteiger partial charge is 0.454 e. The van der Waals surface area contributed by atoms with E-state index < -0.39 is 76.6 Å². The third-order valence-electron chi connectivity index (χ3n) is 11.1. The molecule has 2 saturated heterocycles. The van der Waals surface area contributed by atoms with Crippen molar-refractivity contribution in [2.75, 3.05) is 13.7 Å². The van der Waals surface area contributed by atoms with Crippen LogP contribution >= 0.6 is 0 Å². The van der Waals surface area contributed by atoms with Crippen molar-refractivity contribution in [2.45, 2.75) is 89.7 Å². The van der Waals surface area contributed by atoms with Gasteiger partial charge in [-0.3, -0.25) is 9.59 Å². The van der Waals surface area contributed by atoms with Crippen LogP contribution in [-0.4, -0.2) is 84.4 Å². The molecule has 2 bridgehead atoms. The fourth-order valence-electron chi connectivity index (χ4n) is 8.89. The first-order chi connectivity index (χ1) is 20.2. The number of rotatable bonds is 4. The molecule has 3 aliphatic carbocycles. The maximum atomic E-state index is 15.0. The van der Waals surface area contributed by atoms with Gasteiger partial charge in [0.25, 0.3) is 0 Å². The Labute approximate surface area is 249 Å². The Kier molecular flexibility index (Phi) is 6.65. The van der Waals surface area contributed by atoms with Gasteiger partial charge in [-0.05, 0) is 42.5 Å². The molecule has 0 aromatic heterocycles. The minimum absolute atomic E-state index is 0.0746. The molecule has 6 rings (SSSR count). The van der Waals surface area contributed by atoms with Crippen molar-refractivity contribution in [3.63, 3.8) is 0 Å². The van der Waals surface area contributed by atoms with Crippen LogP contribution in [0.5, 0.6) is 0 Å². The summed E-state index contributed by atoms with van der Waals surface area (Å²) in [5.41, 5.74) is -4.88. The molecule has 1 spiro atoms. The van der Waals surface area contributed by atoms with Crippen LogP contribution in [0.3, 0.4) is 0 Å². The fraction of sp³-hybridized carbons (Fsp3) is 0.625. The van der Waals surface area contributed by atoms with Crippen LogP contribution in [0.25, 0.3) is 0 Å². The number of benzene rings is 1. The number of carbonyl (C=O) groups is 4. The van der Waals surface area contributed by atoms with Gasteiger partial charge in [0.2, 0.25) is 5.60 Å². The normalized spacial score (nSPS) is 42.6. The van der Waals surface area contributed by atoms with Crippen molar-refractivity contribution < 1.29 is 52.7 Å². The number of methoxy groups -OCH3 is 1. The van der Waals surface area contributed by atoms with E-state index in [1.165, 1.54) is 14.0 Å². The van der Waals surface area contributed by atoms with E-state index in [-0.39, 0.29) is 23.9 Å². The van der Waals surface area contributed by atoms with Crippen molar-refractivity contribution in [3.05, 3.63) is 47.0 Å². The molecule has 2 saturated carbocycles. The summed E-state index contributed by atoms with van der Waals surface area (Å²) in [5, 5.41) is 11.7. The fourth-order valence-corrected chi connectivity index (χ4v) is 8.89. The number of aliphatic hydroxyl groups is 1. The van der Waals surface area contributed by atoms with Crippen LogP contribution in [0.15, 0.2) is 41.5 Å². The van der Waals surface area contributed by atoms with E-state index in [2.05, 4.69) is 0 Å². The first-order valence-electron chi connectivity index (χ1n) is 14.6. The average molecular weight is 599 g/mol. The largest absolute Gasteiger partial charge is 0.509 e. The summed E-state index contributed by atoms with van der Waals surface area (Å²) in [6, 6.07) is 8.29. The molecular weight excluding hydrogens is 560 g/mol.